The monoisotopic (exact) mass is 274 g/mol. The first-order valence-corrected chi connectivity index (χ1v) is 6.58. The molecule has 94 valence electrons. The number of carbonyl (C=O) groups is 1. The van der Waals surface area contributed by atoms with E-state index in [-0.39, 0.29) is 5.91 Å². The SMILES string of the molecule is COCCSCC(=O)Nc1ccc(Cl)c(N)c1. The molecule has 1 aromatic carbocycles. The van der Waals surface area contributed by atoms with Crippen molar-refractivity contribution in [2.45, 2.75) is 0 Å². The number of ether oxygens (including phenoxy) is 1. The largest absolute Gasteiger partial charge is 0.397 e. The predicted octanol–water partition coefficient (Wildman–Crippen LogP) is 2.24. The summed E-state index contributed by atoms with van der Waals surface area (Å²) in [7, 11) is 1.64. The molecule has 0 aromatic heterocycles. The fraction of sp³-hybridized carbons (Fsp3) is 0.364. The van der Waals surface area contributed by atoms with Gasteiger partial charge in [0.2, 0.25) is 5.91 Å². The molecule has 3 N–H and O–H groups in total. The zero-order valence-corrected chi connectivity index (χ0v) is 11.1. The Bertz CT molecular complexity index is 388. The molecule has 0 radical (unpaired) electrons. The molecule has 4 nitrogen and oxygen atoms in total. The van der Waals surface area contributed by atoms with Crippen molar-refractivity contribution < 1.29 is 9.53 Å². The highest BCUT2D eigenvalue weighted by atomic mass is 35.5. The lowest BCUT2D eigenvalue weighted by atomic mass is 10.3. The Morgan fingerprint density at radius 3 is 3.00 bits per heavy atom. The van der Waals surface area contributed by atoms with Crippen LogP contribution in [0.15, 0.2) is 18.2 Å². The van der Waals surface area contributed by atoms with Crippen LogP contribution < -0.4 is 11.1 Å². The number of rotatable bonds is 6. The molecule has 0 saturated heterocycles. The maximum absolute atomic E-state index is 11.5. The number of carbonyl (C=O) groups excluding carboxylic acids is 1. The van der Waals surface area contributed by atoms with Crippen LogP contribution >= 0.6 is 23.4 Å². The fourth-order valence-corrected chi connectivity index (χ4v) is 1.93. The van der Waals surface area contributed by atoms with Crippen molar-refractivity contribution in [2.24, 2.45) is 0 Å². The maximum atomic E-state index is 11.5. The third kappa shape index (κ3) is 5.30. The number of amides is 1. The zero-order chi connectivity index (χ0) is 12.7. The highest BCUT2D eigenvalue weighted by Crippen LogP contribution is 2.22. The van der Waals surface area contributed by atoms with Crippen LogP contribution in [0.1, 0.15) is 0 Å². The molecule has 0 aliphatic carbocycles. The second kappa shape index (κ2) is 7.42. The van der Waals surface area contributed by atoms with E-state index < -0.39 is 0 Å². The molecule has 0 aliphatic heterocycles. The first kappa shape index (κ1) is 14.2. The molecule has 0 bridgehead atoms. The lowest BCUT2D eigenvalue weighted by Gasteiger charge is -2.06. The number of halogens is 1. The maximum Gasteiger partial charge on any atom is 0.234 e. The molecule has 0 atom stereocenters. The molecule has 0 saturated carbocycles. The average molecular weight is 275 g/mol. The van der Waals surface area contributed by atoms with E-state index in [9.17, 15) is 4.79 Å². The summed E-state index contributed by atoms with van der Waals surface area (Å²) in [4.78, 5) is 11.5. The van der Waals surface area contributed by atoms with Crippen LogP contribution in [0, 0.1) is 0 Å². The lowest BCUT2D eigenvalue weighted by Crippen LogP contribution is -2.14. The molecule has 0 heterocycles. The molecule has 0 fully saturated rings. The van der Waals surface area contributed by atoms with E-state index in [2.05, 4.69) is 5.32 Å². The van der Waals surface area contributed by atoms with Crippen LogP contribution in [0.3, 0.4) is 0 Å². The van der Waals surface area contributed by atoms with Crippen molar-refractivity contribution >= 4 is 40.6 Å². The van der Waals surface area contributed by atoms with Crippen molar-refractivity contribution in [3.8, 4) is 0 Å². The highest BCUT2D eigenvalue weighted by Gasteiger charge is 2.04. The minimum atomic E-state index is -0.0622. The highest BCUT2D eigenvalue weighted by molar-refractivity contribution is 7.99. The van der Waals surface area contributed by atoms with Gasteiger partial charge in [-0.2, -0.15) is 0 Å². The molecule has 0 aliphatic rings. The summed E-state index contributed by atoms with van der Waals surface area (Å²) in [5.74, 6) is 1.13. The number of benzene rings is 1. The zero-order valence-electron chi connectivity index (χ0n) is 9.53. The van der Waals surface area contributed by atoms with Gasteiger partial charge in [0.1, 0.15) is 0 Å². The second-order valence-corrected chi connectivity index (χ2v) is 4.84. The van der Waals surface area contributed by atoms with Crippen LogP contribution in [0.4, 0.5) is 11.4 Å². The van der Waals surface area contributed by atoms with E-state index in [1.165, 1.54) is 11.8 Å². The number of hydrogen-bond donors (Lipinski definition) is 2. The van der Waals surface area contributed by atoms with Crippen molar-refractivity contribution in [2.75, 3.05) is 36.3 Å². The van der Waals surface area contributed by atoms with Crippen LogP contribution in [0.5, 0.6) is 0 Å². The standard InChI is InChI=1S/C11H15ClN2O2S/c1-16-4-5-17-7-11(15)14-8-2-3-9(12)10(13)6-8/h2-3,6H,4-5,7,13H2,1H3,(H,14,15). The number of methoxy groups -OCH3 is 1. The fourth-order valence-electron chi connectivity index (χ4n) is 1.13. The van der Waals surface area contributed by atoms with Crippen molar-refractivity contribution in [1.82, 2.24) is 0 Å². The molecule has 6 heteroatoms. The van der Waals surface area contributed by atoms with E-state index in [0.717, 1.165) is 5.75 Å². The quantitative estimate of drug-likeness (QED) is 0.617. The summed E-state index contributed by atoms with van der Waals surface area (Å²) in [5, 5.41) is 3.23. The van der Waals surface area contributed by atoms with Crippen molar-refractivity contribution in [3.05, 3.63) is 23.2 Å². The van der Waals surface area contributed by atoms with Crippen LogP contribution in [0.25, 0.3) is 0 Å². The Kier molecular flexibility index (Phi) is 6.18. The van der Waals surface area contributed by atoms with Gasteiger partial charge < -0.3 is 15.8 Å². The molecule has 1 aromatic rings. The predicted molar refractivity (Wildman–Crippen MR) is 73.7 cm³/mol. The van der Waals surface area contributed by atoms with Gasteiger partial charge in [0, 0.05) is 18.6 Å². The van der Waals surface area contributed by atoms with Gasteiger partial charge in [0.25, 0.3) is 0 Å². The van der Waals surface area contributed by atoms with E-state index in [1.54, 1.807) is 25.3 Å². The molecule has 17 heavy (non-hydrogen) atoms. The van der Waals surface area contributed by atoms with Crippen LogP contribution in [-0.4, -0.2) is 31.1 Å². The molecule has 0 spiro atoms. The molecule has 1 rings (SSSR count). The van der Waals surface area contributed by atoms with Gasteiger partial charge in [-0.05, 0) is 18.2 Å². The Balaban J connectivity index is 2.37. The van der Waals surface area contributed by atoms with Gasteiger partial charge in [-0.15, -0.1) is 11.8 Å². The summed E-state index contributed by atoms with van der Waals surface area (Å²) >= 11 is 7.30. The Morgan fingerprint density at radius 2 is 2.35 bits per heavy atom. The van der Waals surface area contributed by atoms with Crippen LogP contribution in [0.2, 0.25) is 5.02 Å². The topological polar surface area (TPSA) is 64.3 Å². The number of nitrogen functional groups attached to an aromatic ring is 1. The number of hydrogen-bond acceptors (Lipinski definition) is 4. The van der Waals surface area contributed by atoms with Crippen molar-refractivity contribution in [1.29, 1.82) is 0 Å². The van der Waals surface area contributed by atoms with Gasteiger partial charge >= 0.3 is 0 Å². The van der Waals surface area contributed by atoms with E-state index in [1.807, 2.05) is 0 Å². The summed E-state index contributed by atoms with van der Waals surface area (Å²) in [6.45, 7) is 0.645. The van der Waals surface area contributed by atoms with Gasteiger partial charge in [0.15, 0.2) is 0 Å². The third-order valence-electron chi connectivity index (χ3n) is 1.94. The normalized spacial score (nSPS) is 10.2. The molecule has 1 amide bonds. The van der Waals surface area contributed by atoms with E-state index in [4.69, 9.17) is 22.1 Å². The third-order valence-corrected chi connectivity index (χ3v) is 3.21. The summed E-state index contributed by atoms with van der Waals surface area (Å²) in [6, 6.07) is 5.01. The summed E-state index contributed by atoms with van der Waals surface area (Å²) in [6.07, 6.45) is 0. The average Bonchev–Trinajstić information content (AvgIpc) is 2.30. The van der Waals surface area contributed by atoms with Gasteiger partial charge in [-0.1, -0.05) is 11.6 Å². The van der Waals surface area contributed by atoms with Gasteiger partial charge in [-0.3, -0.25) is 4.79 Å². The second-order valence-electron chi connectivity index (χ2n) is 3.33. The summed E-state index contributed by atoms with van der Waals surface area (Å²) < 4.78 is 4.89. The number of nitrogens with one attached hydrogen (secondary N) is 1. The molecular weight excluding hydrogens is 260 g/mol. The minimum absolute atomic E-state index is 0.0622. The number of thioether (sulfide) groups is 1. The molecular formula is C11H15ClN2O2S. The molecule has 0 unspecified atom stereocenters. The number of anilines is 2. The van der Waals surface area contributed by atoms with Crippen LogP contribution in [-0.2, 0) is 9.53 Å². The van der Waals surface area contributed by atoms with Gasteiger partial charge in [-0.25, -0.2) is 0 Å². The van der Waals surface area contributed by atoms with E-state index in [0.29, 0.717) is 28.8 Å². The first-order valence-electron chi connectivity index (χ1n) is 5.05. The Hall–Kier alpha value is -0.910. The van der Waals surface area contributed by atoms with Crippen molar-refractivity contribution in [3.63, 3.8) is 0 Å². The minimum Gasteiger partial charge on any atom is -0.397 e. The van der Waals surface area contributed by atoms with E-state index >= 15 is 0 Å². The number of nitrogens with two attached hydrogens (primary N) is 1. The first-order chi connectivity index (χ1) is 8.13. The Morgan fingerprint density at radius 1 is 1.59 bits per heavy atom. The summed E-state index contributed by atoms with van der Waals surface area (Å²) in [5.41, 5.74) is 6.74. The Labute approximate surface area is 110 Å². The smallest absolute Gasteiger partial charge is 0.234 e. The lowest BCUT2D eigenvalue weighted by molar-refractivity contribution is -0.113. The van der Waals surface area contributed by atoms with Gasteiger partial charge in [0.05, 0.1) is 23.1 Å².